The number of methoxy groups -OCH3 is 1. The maximum Gasteiger partial charge on any atom is 0.327 e. The third kappa shape index (κ3) is 4.23. The molecule has 6 nitrogen and oxygen atoms in total. The van der Waals surface area contributed by atoms with Crippen LogP contribution in [0.25, 0.3) is 0 Å². The third-order valence-corrected chi connectivity index (χ3v) is 3.59. The summed E-state index contributed by atoms with van der Waals surface area (Å²) in [5.74, 6) is -0.0306. The highest BCUT2D eigenvalue weighted by Crippen LogP contribution is 2.17. The average molecular weight is 302 g/mol. The van der Waals surface area contributed by atoms with E-state index < -0.39 is 11.5 Å². The van der Waals surface area contributed by atoms with E-state index >= 15 is 0 Å². The van der Waals surface area contributed by atoms with Crippen LogP contribution in [0.15, 0.2) is 11.0 Å². The number of aromatic nitrogens is 2. The third-order valence-electron chi connectivity index (χ3n) is 3.23. The van der Waals surface area contributed by atoms with E-state index in [1.165, 1.54) is 13.3 Å². The van der Waals surface area contributed by atoms with Gasteiger partial charge >= 0.3 is 5.97 Å². The van der Waals surface area contributed by atoms with Gasteiger partial charge in [-0.25, -0.2) is 4.68 Å². The van der Waals surface area contributed by atoms with Gasteiger partial charge in [0.1, 0.15) is 11.6 Å². The van der Waals surface area contributed by atoms with E-state index in [1.807, 2.05) is 0 Å². The lowest BCUT2D eigenvalue weighted by Gasteiger charge is -2.15. The van der Waals surface area contributed by atoms with Crippen LogP contribution in [0.5, 0.6) is 0 Å². The zero-order valence-electron chi connectivity index (χ0n) is 12.0. The Balaban J connectivity index is 2.83. The van der Waals surface area contributed by atoms with Gasteiger partial charge in [0.25, 0.3) is 5.56 Å². The number of nitrogens with one attached hydrogen (secondary N) is 1. The van der Waals surface area contributed by atoms with E-state index in [2.05, 4.69) is 29.0 Å². The normalized spacial score (nSPS) is 10.7. The van der Waals surface area contributed by atoms with Crippen molar-refractivity contribution in [2.24, 2.45) is 5.92 Å². The summed E-state index contributed by atoms with van der Waals surface area (Å²) < 4.78 is 5.47. The predicted molar refractivity (Wildman–Crippen MR) is 78.1 cm³/mol. The first-order valence-corrected chi connectivity index (χ1v) is 6.97. The molecule has 0 bridgehead atoms. The number of nitrogens with zero attached hydrogens (tertiary/aromatic N) is 2. The fourth-order valence-electron chi connectivity index (χ4n) is 1.72. The number of carbonyl (C=O) groups excluding carboxylic acids is 1. The first kappa shape index (κ1) is 16.5. The summed E-state index contributed by atoms with van der Waals surface area (Å²) in [6, 6.07) is 0. The maximum absolute atomic E-state index is 11.9. The molecule has 0 aliphatic heterocycles. The summed E-state index contributed by atoms with van der Waals surface area (Å²) in [6.07, 6.45) is 3.55. The summed E-state index contributed by atoms with van der Waals surface area (Å²) in [6.45, 7) is 4.71. The molecule has 0 radical (unpaired) electrons. The minimum atomic E-state index is -0.548. The number of rotatable bonds is 7. The zero-order chi connectivity index (χ0) is 15.1. The first-order valence-electron chi connectivity index (χ1n) is 6.59. The summed E-state index contributed by atoms with van der Waals surface area (Å²) in [4.78, 5) is 23.1. The van der Waals surface area contributed by atoms with Crippen molar-refractivity contribution < 1.29 is 9.53 Å². The summed E-state index contributed by atoms with van der Waals surface area (Å²) in [5, 5.41) is 7.08. The Morgan fingerprint density at radius 2 is 2.15 bits per heavy atom. The van der Waals surface area contributed by atoms with Crippen LogP contribution in [0, 0.1) is 5.92 Å². The monoisotopic (exact) mass is 301 g/mol. The number of carbonyl (C=O) groups is 1. The van der Waals surface area contributed by atoms with E-state index in [9.17, 15) is 9.59 Å². The Morgan fingerprint density at radius 3 is 2.70 bits per heavy atom. The SMILES string of the molecule is CCC(CC)CNc1cnn(CC(=O)OC)c(=O)c1Cl. The molecule has 1 heterocycles. The standard InChI is InChI=1S/C13H20ClN3O3/c1-4-9(5-2)6-15-10-7-16-17(8-11(18)20-3)13(19)12(10)14/h7,9,15H,4-6,8H2,1-3H3. The number of esters is 1. The van der Waals surface area contributed by atoms with Gasteiger partial charge in [0.15, 0.2) is 0 Å². The average Bonchev–Trinajstić information content (AvgIpc) is 2.46. The van der Waals surface area contributed by atoms with Crippen molar-refractivity contribution in [3.8, 4) is 0 Å². The topological polar surface area (TPSA) is 73.2 Å². The summed E-state index contributed by atoms with van der Waals surface area (Å²) in [7, 11) is 1.25. The molecule has 0 amide bonds. The van der Waals surface area contributed by atoms with E-state index in [0.717, 1.165) is 24.1 Å². The van der Waals surface area contributed by atoms with Gasteiger partial charge in [0.2, 0.25) is 0 Å². The van der Waals surface area contributed by atoms with Crippen molar-refractivity contribution in [2.45, 2.75) is 33.2 Å². The quantitative estimate of drug-likeness (QED) is 0.779. The van der Waals surface area contributed by atoms with Gasteiger partial charge in [0.05, 0.1) is 19.0 Å². The fraction of sp³-hybridized carbons (Fsp3) is 0.615. The second kappa shape index (κ2) is 7.89. The molecule has 0 aromatic carbocycles. The molecule has 0 spiro atoms. The van der Waals surface area contributed by atoms with Gasteiger partial charge in [-0.1, -0.05) is 38.3 Å². The molecule has 0 atom stereocenters. The minimum absolute atomic E-state index is 0.0369. The highest BCUT2D eigenvalue weighted by molar-refractivity contribution is 6.32. The van der Waals surface area contributed by atoms with Crippen molar-refractivity contribution in [1.82, 2.24) is 9.78 Å². The fourth-order valence-corrected chi connectivity index (χ4v) is 1.93. The van der Waals surface area contributed by atoms with Gasteiger partial charge in [0, 0.05) is 6.54 Å². The second-order valence-electron chi connectivity index (χ2n) is 4.47. The molecule has 0 aliphatic carbocycles. The zero-order valence-corrected chi connectivity index (χ0v) is 12.7. The van der Waals surface area contributed by atoms with E-state index in [0.29, 0.717) is 11.6 Å². The van der Waals surface area contributed by atoms with Crippen LogP contribution in [0.3, 0.4) is 0 Å². The molecule has 1 aromatic rings. The van der Waals surface area contributed by atoms with Gasteiger partial charge in [-0.05, 0) is 5.92 Å². The van der Waals surface area contributed by atoms with Crippen LogP contribution in [0.1, 0.15) is 26.7 Å². The maximum atomic E-state index is 11.9. The molecule has 0 saturated heterocycles. The second-order valence-corrected chi connectivity index (χ2v) is 4.85. The molecule has 1 N–H and O–H groups in total. The highest BCUT2D eigenvalue weighted by atomic mass is 35.5. The number of hydrogen-bond donors (Lipinski definition) is 1. The molecular weight excluding hydrogens is 282 g/mol. The molecular formula is C13H20ClN3O3. The molecule has 1 rings (SSSR count). The molecule has 0 fully saturated rings. The van der Waals surface area contributed by atoms with Gasteiger partial charge in [-0.2, -0.15) is 5.10 Å². The Kier molecular flexibility index (Phi) is 6.51. The molecule has 20 heavy (non-hydrogen) atoms. The van der Waals surface area contributed by atoms with Gasteiger partial charge in [-0.15, -0.1) is 0 Å². The lowest BCUT2D eigenvalue weighted by molar-refractivity contribution is -0.141. The Bertz CT molecular complexity index is 512. The van der Waals surface area contributed by atoms with Crippen molar-refractivity contribution in [1.29, 1.82) is 0 Å². The Hall–Kier alpha value is -1.56. The molecule has 112 valence electrons. The van der Waals surface area contributed by atoms with Crippen molar-refractivity contribution >= 4 is 23.3 Å². The lowest BCUT2D eigenvalue weighted by atomic mass is 10.0. The molecule has 0 unspecified atom stereocenters. The largest absolute Gasteiger partial charge is 0.468 e. The van der Waals surface area contributed by atoms with Crippen LogP contribution in [-0.2, 0) is 16.1 Å². The molecule has 0 aliphatic rings. The van der Waals surface area contributed by atoms with Crippen molar-refractivity contribution in [2.75, 3.05) is 19.0 Å². The Morgan fingerprint density at radius 1 is 1.50 bits per heavy atom. The highest BCUT2D eigenvalue weighted by Gasteiger charge is 2.13. The molecule has 0 saturated carbocycles. The summed E-state index contributed by atoms with van der Waals surface area (Å²) in [5.41, 5.74) is -0.0173. The van der Waals surface area contributed by atoms with Crippen molar-refractivity contribution in [3.05, 3.63) is 21.6 Å². The lowest BCUT2D eigenvalue weighted by Crippen LogP contribution is -2.28. The first-order chi connectivity index (χ1) is 9.53. The van der Waals surface area contributed by atoms with E-state index in [-0.39, 0.29) is 11.6 Å². The van der Waals surface area contributed by atoms with Crippen LogP contribution < -0.4 is 10.9 Å². The van der Waals surface area contributed by atoms with E-state index in [4.69, 9.17) is 11.6 Å². The number of hydrogen-bond acceptors (Lipinski definition) is 5. The number of ether oxygens (including phenoxy) is 1. The van der Waals surface area contributed by atoms with Crippen molar-refractivity contribution in [3.63, 3.8) is 0 Å². The number of anilines is 1. The Labute approximate surface area is 123 Å². The van der Waals surface area contributed by atoms with E-state index in [1.54, 1.807) is 0 Å². The van der Waals surface area contributed by atoms with Gasteiger partial charge in [-0.3, -0.25) is 9.59 Å². The predicted octanol–water partition coefficient (Wildman–Crippen LogP) is 1.92. The number of halogens is 1. The minimum Gasteiger partial charge on any atom is -0.468 e. The molecule has 7 heteroatoms. The van der Waals surface area contributed by atoms with Crippen LogP contribution in [-0.4, -0.2) is 29.4 Å². The van der Waals surface area contributed by atoms with Gasteiger partial charge < -0.3 is 10.1 Å². The summed E-state index contributed by atoms with van der Waals surface area (Å²) >= 11 is 6.01. The van der Waals surface area contributed by atoms with Crippen LogP contribution >= 0.6 is 11.6 Å². The van der Waals surface area contributed by atoms with Crippen LogP contribution in [0.2, 0.25) is 5.02 Å². The molecule has 1 aromatic heterocycles. The van der Waals surface area contributed by atoms with Crippen LogP contribution in [0.4, 0.5) is 5.69 Å². The smallest absolute Gasteiger partial charge is 0.327 e.